The molecule has 2 saturated heterocycles. The quantitative estimate of drug-likeness (QED) is 0.768. The molecule has 2 fully saturated rings. The molecule has 26 heavy (non-hydrogen) atoms. The van der Waals surface area contributed by atoms with E-state index in [9.17, 15) is 4.79 Å². The second-order valence-electron chi connectivity index (χ2n) is 6.80. The third-order valence-corrected chi connectivity index (χ3v) is 5.24. The van der Waals surface area contributed by atoms with Crippen molar-refractivity contribution in [1.29, 1.82) is 0 Å². The number of benzene rings is 2. The second kappa shape index (κ2) is 9.12. The van der Waals surface area contributed by atoms with Crippen LogP contribution in [0.5, 0.6) is 0 Å². The molecule has 1 radical (unpaired) electrons. The molecule has 2 heterocycles. The number of anilines is 2. The van der Waals surface area contributed by atoms with Crippen LogP contribution in [0.15, 0.2) is 48.5 Å². The number of amides is 1. The van der Waals surface area contributed by atoms with Gasteiger partial charge >= 0.3 is 0 Å². The summed E-state index contributed by atoms with van der Waals surface area (Å²) in [5.41, 5.74) is 3.58. The molecule has 5 heteroatoms. The Morgan fingerprint density at radius 2 is 1.77 bits per heavy atom. The molecule has 1 atom stereocenters. The zero-order valence-electron chi connectivity index (χ0n) is 15.0. The van der Waals surface area contributed by atoms with Gasteiger partial charge in [0.05, 0.1) is 0 Å². The minimum Gasteiger partial charge on any atom is -0.369 e. The van der Waals surface area contributed by atoms with E-state index in [1.165, 1.54) is 11.3 Å². The third-order valence-electron chi connectivity index (χ3n) is 5.24. The predicted octanol–water partition coefficient (Wildman–Crippen LogP) is 2.49. The number of hydrogen-bond acceptors (Lipinski definition) is 3. The van der Waals surface area contributed by atoms with Crippen LogP contribution in [-0.4, -0.2) is 38.6 Å². The van der Waals surface area contributed by atoms with Gasteiger partial charge in [0.15, 0.2) is 0 Å². The molecular weight excluding hydrogens is 399 g/mol. The maximum Gasteiger partial charge on any atom is 0.228 e. The molecule has 2 aromatic rings. The molecule has 0 aromatic heterocycles. The number of carbonyl (C=O) groups is 1. The minimum atomic E-state index is 0. The predicted molar refractivity (Wildman–Crippen MR) is 101 cm³/mol. The summed E-state index contributed by atoms with van der Waals surface area (Å²) in [7, 11) is 0. The molecule has 1 amide bonds. The van der Waals surface area contributed by atoms with E-state index in [1.54, 1.807) is 0 Å². The normalized spacial score (nSPS) is 20.2. The number of nitrogens with one attached hydrogen (secondary N) is 1. The Hall–Kier alpha value is -1.23. The van der Waals surface area contributed by atoms with Crippen molar-refractivity contribution < 1.29 is 37.5 Å². The Bertz CT molecular complexity index is 731. The number of carbonyl (C=O) groups excluding carboxylic acids is 1. The summed E-state index contributed by atoms with van der Waals surface area (Å²) in [6.07, 6.45) is 1.75. The van der Waals surface area contributed by atoms with Crippen LogP contribution >= 0.6 is 0 Å². The van der Waals surface area contributed by atoms with Crippen LogP contribution in [-0.2, 0) is 43.9 Å². The van der Waals surface area contributed by atoms with Gasteiger partial charge in [-0.2, -0.15) is 18.2 Å². The average molecular weight is 423 g/mol. The van der Waals surface area contributed by atoms with Crippen LogP contribution in [0.25, 0.3) is 0 Å². The van der Waals surface area contributed by atoms with Crippen molar-refractivity contribution in [2.75, 3.05) is 42.5 Å². The molecule has 0 saturated carbocycles. The Kier molecular flexibility index (Phi) is 6.85. The van der Waals surface area contributed by atoms with Crippen molar-refractivity contribution >= 4 is 17.3 Å². The van der Waals surface area contributed by atoms with Crippen LogP contribution in [0.4, 0.5) is 11.4 Å². The van der Waals surface area contributed by atoms with Gasteiger partial charge in [-0.15, -0.1) is 12.1 Å². The first kappa shape index (κ1) is 19.5. The average Bonchev–Trinajstić information content (AvgIpc) is 3.04. The molecule has 2 aliphatic heterocycles. The molecule has 1 unspecified atom stereocenters. The van der Waals surface area contributed by atoms with Gasteiger partial charge in [0, 0.05) is 77.0 Å². The summed E-state index contributed by atoms with van der Waals surface area (Å²) in [5, 5.41) is 3.40. The molecule has 0 bridgehead atoms. The summed E-state index contributed by atoms with van der Waals surface area (Å²) >= 11 is 0. The molecule has 0 spiro atoms. The second-order valence-corrected chi connectivity index (χ2v) is 6.80. The van der Waals surface area contributed by atoms with Crippen molar-refractivity contribution in [1.82, 2.24) is 5.32 Å². The molecule has 2 aromatic carbocycles. The monoisotopic (exact) mass is 423 g/mol. The SMILES string of the molecule is O=C1C(Cc2ccccc2N2CCNCC2)CCN1c1cc[c-]cc1.[Y]. The van der Waals surface area contributed by atoms with Gasteiger partial charge in [-0.1, -0.05) is 23.9 Å². The van der Waals surface area contributed by atoms with Gasteiger partial charge in [-0.25, -0.2) is 0 Å². The first-order valence-electron chi connectivity index (χ1n) is 9.14. The van der Waals surface area contributed by atoms with E-state index in [1.807, 2.05) is 29.2 Å². The van der Waals surface area contributed by atoms with E-state index in [0.29, 0.717) is 0 Å². The molecular formula is C21H24N3OY-. The summed E-state index contributed by atoms with van der Waals surface area (Å²) in [4.78, 5) is 17.3. The molecule has 1 N–H and O–H groups in total. The van der Waals surface area contributed by atoms with Crippen LogP contribution < -0.4 is 15.1 Å². The topological polar surface area (TPSA) is 35.6 Å². The van der Waals surface area contributed by atoms with Crippen LogP contribution in [0.1, 0.15) is 12.0 Å². The molecule has 4 nitrogen and oxygen atoms in total. The first-order chi connectivity index (χ1) is 12.3. The zero-order valence-corrected chi connectivity index (χ0v) is 17.9. The number of para-hydroxylation sites is 1. The fourth-order valence-electron chi connectivity index (χ4n) is 3.91. The smallest absolute Gasteiger partial charge is 0.228 e. The molecule has 0 aliphatic carbocycles. The van der Waals surface area contributed by atoms with Crippen LogP contribution in [0.2, 0.25) is 0 Å². The van der Waals surface area contributed by atoms with Crippen molar-refractivity contribution in [3.63, 3.8) is 0 Å². The van der Waals surface area contributed by atoms with E-state index in [0.717, 1.165) is 51.3 Å². The van der Waals surface area contributed by atoms with Gasteiger partial charge in [-0.05, 0) is 24.5 Å². The van der Waals surface area contributed by atoms with Crippen LogP contribution in [0, 0.1) is 12.0 Å². The van der Waals surface area contributed by atoms with E-state index in [2.05, 4.69) is 40.5 Å². The van der Waals surface area contributed by atoms with E-state index in [-0.39, 0.29) is 44.5 Å². The maximum atomic E-state index is 12.9. The number of piperazine rings is 1. The largest absolute Gasteiger partial charge is 0.369 e. The molecule has 133 valence electrons. The maximum absolute atomic E-state index is 12.9. The Labute approximate surface area is 180 Å². The standard InChI is InChI=1S/C21H24N3O.Y/c25-21-18(10-13-24(21)19-7-2-1-3-8-19)16-17-6-4-5-9-20(17)23-14-11-22-12-15-23;/h2-9,18,22H,10-16H2;/q-1;. The molecule has 4 rings (SSSR count). The fourth-order valence-corrected chi connectivity index (χ4v) is 3.91. The third kappa shape index (κ3) is 4.19. The van der Waals surface area contributed by atoms with Crippen LogP contribution in [0.3, 0.4) is 0 Å². The van der Waals surface area contributed by atoms with Gasteiger partial charge in [0.25, 0.3) is 0 Å². The zero-order chi connectivity index (χ0) is 17.1. The van der Waals surface area contributed by atoms with Crippen molar-refractivity contribution in [3.05, 3.63) is 60.2 Å². The van der Waals surface area contributed by atoms with Gasteiger partial charge in [-0.3, -0.25) is 4.79 Å². The van der Waals surface area contributed by atoms with Crippen molar-refractivity contribution in [2.24, 2.45) is 5.92 Å². The Morgan fingerprint density at radius 1 is 1.04 bits per heavy atom. The number of rotatable bonds is 4. The number of hydrogen-bond donors (Lipinski definition) is 1. The van der Waals surface area contributed by atoms with Crippen molar-refractivity contribution in [2.45, 2.75) is 12.8 Å². The van der Waals surface area contributed by atoms with Gasteiger partial charge < -0.3 is 15.1 Å². The minimum absolute atomic E-state index is 0. The van der Waals surface area contributed by atoms with E-state index in [4.69, 9.17) is 0 Å². The Morgan fingerprint density at radius 3 is 2.54 bits per heavy atom. The van der Waals surface area contributed by atoms with Gasteiger partial charge in [0.1, 0.15) is 0 Å². The fraction of sp³-hybridized carbons (Fsp3) is 0.381. The Balaban J connectivity index is 0.00000196. The summed E-state index contributed by atoms with van der Waals surface area (Å²) in [5.74, 6) is 0.328. The number of nitrogens with zero attached hydrogens (tertiary/aromatic N) is 2. The molecule has 2 aliphatic rings. The summed E-state index contributed by atoms with van der Waals surface area (Å²) in [6, 6.07) is 19.3. The van der Waals surface area contributed by atoms with E-state index < -0.39 is 0 Å². The first-order valence-corrected chi connectivity index (χ1v) is 9.14. The summed E-state index contributed by atoms with van der Waals surface area (Å²) in [6.45, 7) is 4.92. The summed E-state index contributed by atoms with van der Waals surface area (Å²) < 4.78 is 0. The van der Waals surface area contributed by atoms with Crippen molar-refractivity contribution in [3.8, 4) is 0 Å². The van der Waals surface area contributed by atoms with E-state index >= 15 is 0 Å². The van der Waals surface area contributed by atoms with Gasteiger partial charge in [0.2, 0.25) is 5.91 Å².